The summed E-state index contributed by atoms with van der Waals surface area (Å²) in [5, 5.41) is 0.0161. The molecule has 0 aromatic heterocycles. The molecule has 0 atom stereocenters. The molecular formula is C9H9ClF3NO. The molecular weight excluding hydrogens is 231 g/mol. The van der Waals surface area contributed by atoms with Crippen LogP contribution in [-0.2, 0) is 6.18 Å². The zero-order valence-corrected chi connectivity index (χ0v) is 8.40. The Morgan fingerprint density at radius 2 is 2.00 bits per heavy atom. The number of hydrogen-bond acceptors (Lipinski definition) is 2. The summed E-state index contributed by atoms with van der Waals surface area (Å²) in [6.45, 7) is 0.185. The molecule has 0 aliphatic heterocycles. The summed E-state index contributed by atoms with van der Waals surface area (Å²) in [4.78, 5) is 0. The molecule has 1 rings (SSSR count). The lowest BCUT2D eigenvalue weighted by Crippen LogP contribution is -2.14. The van der Waals surface area contributed by atoms with Crippen molar-refractivity contribution in [2.45, 2.75) is 6.18 Å². The topological polar surface area (TPSA) is 35.2 Å². The summed E-state index contributed by atoms with van der Waals surface area (Å²) in [7, 11) is 0. The van der Waals surface area contributed by atoms with E-state index >= 15 is 0 Å². The third-order valence-corrected chi connectivity index (χ3v) is 1.86. The Bertz CT molecular complexity index is 341. The number of alkyl halides is 3. The number of nitrogens with two attached hydrogens (primary N) is 1. The summed E-state index contributed by atoms with van der Waals surface area (Å²) in [5.41, 5.74) is 4.25. The van der Waals surface area contributed by atoms with Crippen LogP contribution in [0.4, 0.5) is 13.2 Å². The first kappa shape index (κ1) is 12.1. The molecule has 0 spiro atoms. The maximum Gasteiger partial charge on any atom is 0.420 e. The zero-order chi connectivity index (χ0) is 11.5. The van der Waals surface area contributed by atoms with Crippen molar-refractivity contribution in [2.24, 2.45) is 5.73 Å². The summed E-state index contributed by atoms with van der Waals surface area (Å²) in [5.74, 6) is -0.252. The standard InChI is InChI=1S/C9H9ClF3NO/c10-6-1-2-8(15-4-3-14)7(5-6)9(11,12)13/h1-2,5H,3-4,14H2. The van der Waals surface area contributed by atoms with Gasteiger partial charge in [0, 0.05) is 11.6 Å². The summed E-state index contributed by atoms with van der Waals surface area (Å²) < 4.78 is 42.3. The van der Waals surface area contributed by atoms with Gasteiger partial charge in [0.1, 0.15) is 12.4 Å². The summed E-state index contributed by atoms with van der Waals surface area (Å²) in [6.07, 6.45) is -4.48. The van der Waals surface area contributed by atoms with Crippen molar-refractivity contribution in [1.29, 1.82) is 0 Å². The molecule has 0 aliphatic carbocycles. The van der Waals surface area contributed by atoms with Gasteiger partial charge in [-0.2, -0.15) is 13.2 Å². The van der Waals surface area contributed by atoms with Crippen molar-refractivity contribution in [3.8, 4) is 5.75 Å². The number of halogens is 4. The van der Waals surface area contributed by atoms with E-state index in [-0.39, 0.29) is 23.9 Å². The molecule has 0 unspecified atom stereocenters. The van der Waals surface area contributed by atoms with Gasteiger partial charge in [0.05, 0.1) is 5.56 Å². The van der Waals surface area contributed by atoms with Gasteiger partial charge < -0.3 is 10.5 Å². The molecule has 2 N–H and O–H groups in total. The van der Waals surface area contributed by atoms with Gasteiger partial charge in [-0.15, -0.1) is 0 Å². The monoisotopic (exact) mass is 239 g/mol. The number of hydrogen-bond donors (Lipinski definition) is 1. The molecule has 1 aromatic rings. The number of rotatable bonds is 3. The minimum Gasteiger partial charge on any atom is -0.492 e. The van der Waals surface area contributed by atoms with Crippen molar-refractivity contribution in [2.75, 3.05) is 13.2 Å². The lowest BCUT2D eigenvalue weighted by Gasteiger charge is -2.13. The lowest BCUT2D eigenvalue weighted by molar-refractivity contribution is -0.138. The van der Waals surface area contributed by atoms with Crippen molar-refractivity contribution in [3.05, 3.63) is 28.8 Å². The van der Waals surface area contributed by atoms with Crippen LogP contribution in [0, 0.1) is 0 Å². The Hall–Kier alpha value is -0.940. The Balaban J connectivity index is 3.04. The van der Waals surface area contributed by atoms with E-state index in [1.54, 1.807) is 0 Å². The van der Waals surface area contributed by atoms with Crippen molar-refractivity contribution >= 4 is 11.6 Å². The summed E-state index contributed by atoms with van der Waals surface area (Å²) >= 11 is 5.48. The van der Waals surface area contributed by atoms with Gasteiger partial charge in [-0.1, -0.05) is 11.6 Å². The lowest BCUT2D eigenvalue weighted by atomic mass is 10.2. The average molecular weight is 240 g/mol. The van der Waals surface area contributed by atoms with Crippen LogP contribution < -0.4 is 10.5 Å². The zero-order valence-electron chi connectivity index (χ0n) is 7.64. The van der Waals surface area contributed by atoms with Crippen LogP contribution in [0.15, 0.2) is 18.2 Å². The van der Waals surface area contributed by atoms with Gasteiger partial charge in [-0.25, -0.2) is 0 Å². The molecule has 0 bridgehead atoms. The molecule has 15 heavy (non-hydrogen) atoms. The molecule has 6 heteroatoms. The fourth-order valence-corrected chi connectivity index (χ4v) is 1.19. The van der Waals surface area contributed by atoms with E-state index in [0.717, 1.165) is 6.07 Å². The highest BCUT2D eigenvalue weighted by Gasteiger charge is 2.34. The third kappa shape index (κ3) is 3.28. The first-order chi connectivity index (χ1) is 6.95. The van der Waals surface area contributed by atoms with Gasteiger partial charge in [-0.05, 0) is 18.2 Å². The van der Waals surface area contributed by atoms with Gasteiger partial charge in [-0.3, -0.25) is 0 Å². The molecule has 0 heterocycles. The van der Waals surface area contributed by atoms with Crippen LogP contribution in [0.25, 0.3) is 0 Å². The first-order valence-electron chi connectivity index (χ1n) is 4.15. The fourth-order valence-electron chi connectivity index (χ4n) is 1.02. The average Bonchev–Trinajstić information content (AvgIpc) is 2.14. The predicted octanol–water partition coefficient (Wildman–Crippen LogP) is 2.70. The molecule has 84 valence electrons. The van der Waals surface area contributed by atoms with E-state index in [1.807, 2.05) is 0 Å². The molecule has 2 nitrogen and oxygen atoms in total. The van der Waals surface area contributed by atoms with E-state index in [2.05, 4.69) is 0 Å². The number of ether oxygens (including phenoxy) is 1. The highest BCUT2D eigenvalue weighted by molar-refractivity contribution is 6.30. The van der Waals surface area contributed by atoms with Crippen LogP contribution in [0.2, 0.25) is 5.02 Å². The molecule has 0 aliphatic rings. The fraction of sp³-hybridized carbons (Fsp3) is 0.333. The van der Waals surface area contributed by atoms with Crippen molar-refractivity contribution in [1.82, 2.24) is 0 Å². The molecule has 0 radical (unpaired) electrons. The smallest absolute Gasteiger partial charge is 0.420 e. The van der Waals surface area contributed by atoms with Gasteiger partial charge in [0.2, 0.25) is 0 Å². The second-order valence-electron chi connectivity index (χ2n) is 2.78. The van der Waals surface area contributed by atoms with Crippen LogP contribution in [0.5, 0.6) is 5.75 Å². The van der Waals surface area contributed by atoms with E-state index < -0.39 is 11.7 Å². The highest BCUT2D eigenvalue weighted by Crippen LogP contribution is 2.37. The molecule has 1 aromatic carbocycles. The van der Waals surface area contributed by atoms with Gasteiger partial charge in [0.25, 0.3) is 0 Å². The van der Waals surface area contributed by atoms with E-state index in [4.69, 9.17) is 22.1 Å². The minimum absolute atomic E-state index is 0.0161. The minimum atomic E-state index is -4.48. The third-order valence-electron chi connectivity index (χ3n) is 1.62. The second kappa shape index (κ2) is 4.72. The van der Waals surface area contributed by atoms with Crippen molar-refractivity contribution < 1.29 is 17.9 Å². The van der Waals surface area contributed by atoms with Crippen molar-refractivity contribution in [3.63, 3.8) is 0 Å². The van der Waals surface area contributed by atoms with Crippen LogP contribution >= 0.6 is 11.6 Å². The molecule has 0 saturated heterocycles. The SMILES string of the molecule is NCCOc1ccc(Cl)cc1C(F)(F)F. The summed E-state index contributed by atoms with van der Waals surface area (Å²) in [6, 6.07) is 3.34. The van der Waals surface area contributed by atoms with Crippen LogP contribution in [0.1, 0.15) is 5.56 Å². The van der Waals surface area contributed by atoms with Gasteiger partial charge >= 0.3 is 6.18 Å². The molecule has 0 fully saturated rings. The van der Waals surface area contributed by atoms with E-state index in [9.17, 15) is 13.2 Å². The largest absolute Gasteiger partial charge is 0.492 e. The van der Waals surface area contributed by atoms with Crippen LogP contribution in [0.3, 0.4) is 0 Å². The maximum absolute atomic E-state index is 12.5. The normalized spacial score (nSPS) is 11.5. The Morgan fingerprint density at radius 3 is 2.53 bits per heavy atom. The second-order valence-corrected chi connectivity index (χ2v) is 3.21. The van der Waals surface area contributed by atoms with E-state index in [0.29, 0.717) is 0 Å². The quantitative estimate of drug-likeness (QED) is 0.880. The molecule has 0 saturated carbocycles. The Morgan fingerprint density at radius 1 is 1.33 bits per heavy atom. The maximum atomic E-state index is 12.5. The van der Waals surface area contributed by atoms with E-state index in [1.165, 1.54) is 12.1 Å². The number of benzene rings is 1. The molecule has 0 amide bonds. The predicted molar refractivity (Wildman–Crippen MR) is 51.0 cm³/mol. The van der Waals surface area contributed by atoms with Gasteiger partial charge in [0.15, 0.2) is 0 Å². The Kier molecular flexibility index (Phi) is 3.82. The Labute approximate surface area is 89.8 Å². The van der Waals surface area contributed by atoms with Crippen LogP contribution in [-0.4, -0.2) is 13.2 Å². The highest BCUT2D eigenvalue weighted by atomic mass is 35.5. The first-order valence-corrected chi connectivity index (χ1v) is 4.52.